The minimum atomic E-state index is 0.328. The van der Waals surface area contributed by atoms with Crippen molar-refractivity contribution in [2.45, 2.75) is 6.61 Å². The molecule has 0 aliphatic heterocycles. The molecule has 0 spiro atoms. The molecule has 0 aliphatic rings. The lowest BCUT2D eigenvalue weighted by atomic mass is 10.5. The first-order valence-corrected chi connectivity index (χ1v) is 5.01. The molecule has 1 rings (SSSR count). The molecule has 0 aromatic carbocycles. The van der Waals surface area contributed by atoms with Crippen LogP contribution in [-0.4, -0.2) is 49.2 Å². The molecule has 1 heterocycles. The standard InChI is InChI=1S/C10H18N4O2/c1-14(2)4-5-16-10-6-8(11)12-9(13-10)7-15-3/h6H,4-5,7H2,1-3H3,(H2,11,12,13). The lowest BCUT2D eigenvalue weighted by Crippen LogP contribution is -2.20. The number of anilines is 1. The van der Waals surface area contributed by atoms with E-state index in [1.54, 1.807) is 13.2 Å². The van der Waals surface area contributed by atoms with Crippen LogP contribution in [0.2, 0.25) is 0 Å². The van der Waals surface area contributed by atoms with Crippen LogP contribution >= 0.6 is 0 Å². The minimum Gasteiger partial charge on any atom is -0.476 e. The van der Waals surface area contributed by atoms with Gasteiger partial charge >= 0.3 is 0 Å². The number of nitrogens with two attached hydrogens (primary N) is 1. The summed E-state index contributed by atoms with van der Waals surface area (Å²) in [5.74, 6) is 1.41. The van der Waals surface area contributed by atoms with E-state index >= 15 is 0 Å². The normalized spacial score (nSPS) is 10.8. The molecular formula is C10H18N4O2. The SMILES string of the molecule is COCc1nc(N)cc(OCCN(C)C)n1. The fourth-order valence-electron chi connectivity index (χ4n) is 1.09. The third-order valence-corrected chi connectivity index (χ3v) is 1.83. The van der Waals surface area contributed by atoms with Gasteiger partial charge in [-0.25, -0.2) is 4.98 Å². The van der Waals surface area contributed by atoms with Gasteiger partial charge in [0.2, 0.25) is 5.88 Å². The molecule has 0 aliphatic carbocycles. The summed E-state index contributed by atoms with van der Waals surface area (Å²) in [5, 5.41) is 0. The highest BCUT2D eigenvalue weighted by Gasteiger charge is 2.03. The number of hydrogen-bond donors (Lipinski definition) is 1. The van der Waals surface area contributed by atoms with Gasteiger partial charge in [0.25, 0.3) is 0 Å². The Morgan fingerprint density at radius 1 is 1.38 bits per heavy atom. The zero-order chi connectivity index (χ0) is 12.0. The summed E-state index contributed by atoms with van der Waals surface area (Å²) in [6.45, 7) is 1.72. The molecule has 2 N–H and O–H groups in total. The highest BCUT2D eigenvalue weighted by Crippen LogP contribution is 2.11. The number of nitrogen functional groups attached to an aromatic ring is 1. The highest BCUT2D eigenvalue weighted by molar-refractivity contribution is 5.32. The van der Waals surface area contributed by atoms with Crippen molar-refractivity contribution in [2.75, 3.05) is 40.1 Å². The second-order valence-corrected chi connectivity index (χ2v) is 3.63. The number of methoxy groups -OCH3 is 1. The maximum atomic E-state index is 5.62. The van der Waals surface area contributed by atoms with E-state index in [0.29, 0.717) is 30.7 Å². The second-order valence-electron chi connectivity index (χ2n) is 3.63. The Morgan fingerprint density at radius 2 is 2.12 bits per heavy atom. The van der Waals surface area contributed by atoms with Crippen LogP contribution in [0.15, 0.2) is 6.07 Å². The van der Waals surface area contributed by atoms with Gasteiger partial charge in [-0.15, -0.1) is 0 Å². The Morgan fingerprint density at radius 3 is 2.75 bits per heavy atom. The van der Waals surface area contributed by atoms with Crippen LogP contribution in [0.5, 0.6) is 5.88 Å². The Bertz CT molecular complexity index is 331. The molecule has 6 heteroatoms. The number of hydrogen-bond acceptors (Lipinski definition) is 6. The van der Waals surface area contributed by atoms with E-state index in [2.05, 4.69) is 9.97 Å². The summed E-state index contributed by atoms with van der Waals surface area (Å²) in [4.78, 5) is 10.2. The predicted octanol–water partition coefficient (Wildman–Crippen LogP) is 0.146. The van der Waals surface area contributed by atoms with Crippen LogP contribution < -0.4 is 10.5 Å². The van der Waals surface area contributed by atoms with Gasteiger partial charge in [0.15, 0.2) is 5.82 Å². The van der Waals surface area contributed by atoms with Crippen LogP contribution in [0.4, 0.5) is 5.82 Å². The fraction of sp³-hybridized carbons (Fsp3) is 0.600. The number of likely N-dealkylation sites (N-methyl/N-ethyl adjacent to an activating group) is 1. The van der Waals surface area contributed by atoms with Crippen molar-refractivity contribution in [1.29, 1.82) is 0 Å². The fourth-order valence-corrected chi connectivity index (χ4v) is 1.09. The molecule has 1 aromatic heterocycles. The van der Waals surface area contributed by atoms with E-state index in [9.17, 15) is 0 Å². The summed E-state index contributed by atoms with van der Waals surface area (Å²) in [7, 11) is 5.54. The van der Waals surface area contributed by atoms with Gasteiger partial charge in [-0.2, -0.15) is 4.98 Å². The molecule has 0 fully saturated rings. The van der Waals surface area contributed by atoms with Crippen molar-refractivity contribution >= 4 is 5.82 Å². The van der Waals surface area contributed by atoms with Gasteiger partial charge < -0.3 is 20.1 Å². The monoisotopic (exact) mass is 226 g/mol. The van der Waals surface area contributed by atoms with E-state index in [1.165, 1.54) is 0 Å². The summed E-state index contributed by atoms with van der Waals surface area (Å²) in [6.07, 6.45) is 0. The molecule has 0 saturated carbocycles. The Balaban J connectivity index is 2.58. The summed E-state index contributed by atoms with van der Waals surface area (Å²) in [6, 6.07) is 1.61. The molecule has 0 unspecified atom stereocenters. The van der Waals surface area contributed by atoms with Crippen LogP contribution in [0.25, 0.3) is 0 Å². The van der Waals surface area contributed by atoms with E-state index in [-0.39, 0.29) is 0 Å². The molecule has 0 amide bonds. The van der Waals surface area contributed by atoms with Crippen molar-refractivity contribution in [2.24, 2.45) is 0 Å². The largest absolute Gasteiger partial charge is 0.476 e. The number of nitrogens with zero attached hydrogens (tertiary/aromatic N) is 3. The van der Waals surface area contributed by atoms with Gasteiger partial charge in [0.1, 0.15) is 19.0 Å². The van der Waals surface area contributed by atoms with Gasteiger partial charge in [0, 0.05) is 19.7 Å². The average molecular weight is 226 g/mol. The topological polar surface area (TPSA) is 73.5 Å². The molecule has 0 atom stereocenters. The molecule has 1 aromatic rings. The van der Waals surface area contributed by atoms with Crippen LogP contribution in [-0.2, 0) is 11.3 Å². The Labute approximate surface area is 95.4 Å². The van der Waals surface area contributed by atoms with Crippen LogP contribution in [0, 0.1) is 0 Å². The molecule has 0 radical (unpaired) electrons. The third-order valence-electron chi connectivity index (χ3n) is 1.83. The molecular weight excluding hydrogens is 208 g/mol. The number of rotatable bonds is 6. The zero-order valence-corrected chi connectivity index (χ0v) is 9.93. The molecule has 6 nitrogen and oxygen atoms in total. The van der Waals surface area contributed by atoms with Gasteiger partial charge in [-0.1, -0.05) is 0 Å². The summed E-state index contributed by atoms with van der Waals surface area (Å²) >= 11 is 0. The molecule has 90 valence electrons. The molecule has 16 heavy (non-hydrogen) atoms. The lowest BCUT2D eigenvalue weighted by molar-refractivity contribution is 0.176. The van der Waals surface area contributed by atoms with E-state index in [1.807, 2.05) is 19.0 Å². The Hall–Kier alpha value is -1.40. The van der Waals surface area contributed by atoms with Crippen molar-refractivity contribution < 1.29 is 9.47 Å². The van der Waals surface area contributed by atoms with Gasteiger partial charge in [-0.3, -0.25) is 0 Å². The van der Waals surface area contributed by atoms with Crippen LogP contribution in [0.3, 0.4) is 0 Å². The average Bonchev–Trinajstić information content (AvgIpc) is 2.16. The van der Waals surface area contributed by atoms with Crippen molar-refractivity contribution in [3.05, 3.63) is 11.9 Å². The number of ether oxygens (including phenoxy) is 2. The van der Waals surface area contributed by atoms with Crippen LogP contribution in [0.1, 0.15) is 5.82 Å². The first-order valence-electron chi connectivity index (χ1n) is 5.01. The quantitative estimate of drug-likeness (QED) is 0.744. The van der Waals surface area contributed by atoms with Gasteiger partial charge in [-0.05, 0) is 14.1 Å². The van der Waals surface area contributed by atoms with Crippen molar-refractivity contribution in [3.63, 3.8) is 0 Å². The third kappa shape index (κ3) is 4.41. The predicted molar refractivity (Wildman–Crippen MR) is 61.2 cm³/mol. The van der Waals surface area contributed by atoms with Gasteiger partial charge in [0.05, 0.1) is 0 Å². The van der Waals surface area contributed by atoms with E-state index in [0.717, 1.165) is 6.54 Å². The Kier molecular flexibility index (Phi) is 4.94. The minimum absolute atomic E-state index is 0.328. The first kappa shape index (κ1) is 12.7. The smallest absolute Gasteiger partial charge is 0.218 e. The highest BCUT2D eigenvalue weighted by atomic mass is 16.5. The second kappa shape index (κ2) is 6.24. The number of aromatic nitrogens is 2. The van der Waals surface area contributed by atoms with E-state index in [4.69, 9.17) is 15.2 Å². The zero-order valence-electron chi connectivity index (χ0n) is 9.93. The maximum absolute atomic E-state index is 5.62. The maximum Gasteiger partial charge on any atom is 0.218 e. The lowest BCUT2D eigenvalue weighted by Gasteiger charge is -2.11. The van der Waals surface area contributed by atoms with Crippen molar-refractivity contribution in [1.82, 2.24) is 14.9 Å². The first-order chi connectivity index (χ1) is 7.61. The van der Waals surface area contributed by atoms with Crippen molar-refractivity contribution in [3.8, 4) is 5.88 Å². The summed E-state index contributed by atoms with van der Waals surface area (Å²) in [5.41, 5.74) is 5.62. The summed E-state index contributed by atoms with van der Waals surface area (Å²) < 4.78 is 10.4. The molecule has 0 bridgehead atoms. The van der Waals surface area contributed by atoms with E-state index < -0.39 is 0 Å². The molecule has 0 saturated heterocycles.